The van der Waals surface area contributed by atoms with E-state index in [-0.39, 0.29) is 11.3 Å². The molecule has 0 saturated heterocycles. The number of amides is 1. The molecule has 2 aromatic rings. The van der Waals surface area contributed by atoms with E-state index in [0.717, 1.165) is 5.56 Å². The van der Waals surface area contributed by atoms with E-state index in [1.165, 1.54) is 24.3 Å². The van der Waals surface area contributed by atoms with Crippen LogP contribution in [0.25, 0.3) is 6.08 Å². The van der Waals surface area contributed by atoms with Crippen molar-refractivity contribution in [1.82, 2.24) is 0 Å². The molecule has 106 valence electrons. The molecule has 0 saturated carbocycles. The summed E-state index contributed by atoms with van der Waals surface area (Å²) in [6.07, 6.45) is 2.97. The number of anilines is 1. The minimum atomic E-state index is -1.13. The van der Waals surface area contributed by atoms with Gasteiger partial charge in [0, 0.05) is 11.1 Å². The van der Waals surface area contributed by atoms with Crippen LogP contribution in [-0.2, 0) is 4.79 Å². The standard InChI is InChI=1S/C16H12ClNO3/c17-12-7-8-13(16(20)21)14(10-12)18-15(19)9-6-11-4-2-1-3-5-11/h1-10H,(H,18,19)(H,20,21)/b9-6+. The van der Waals surface area contributed by atoms with Gasteiger partial charge >= 0.3 is 5.97 Å². The Bertz CT molecular complexity index is 696. The van der Waals surface area contributed by atoms with Gasteiger partial charge < -0.3 is 10.4 Å². The molecule has 0 bridgehead atoms. The van der Waals surface area contributed by atoms with Crippen LogP contribution in [0.5, 0.6) is 0 Å². The maximum absolute atomic E-state index is 11.8. The van der Waals surface area contributed by atoms with Crippen molar-refractivity contribution >= 4 is 35.2 Å². The molecule has 2 aromatic carbocycles. The van der Waals surface area contributed by atoms with Crippen molar-refractivity contribution in [2.75, 3.05) is 5.32 Å². The predicted molar refractivity (Wildman–Crippen MR) is 82.5 cm³/mol. The van der Waals surface area contributed by atoms with Crippen molar-refractivity contribution in [3.63, 3.8) is 0 Å². The van der Waals surface area contributed by atoms with Gasteiger partial charge in [0.2, 0.25) is 5.91 Å². The van der Waals surface area contributed by atoms with E-state index < -0.39 is 11.9 Å². The van der Waals surface area contributed by atoms with Crippen LogP contribution in [0, 0.1) is 0 Å². The number of halogens is 1. The first-order chi connectivity index (χ1) is 10.1. The molecule has 5 heteroatoms. The molecule has 0 aliphatic carbocycles. The maximum atomic E-state index is 11.8. The molecule has 21 heavy (non-hydrogen) atoms. The monoisotopic (exact) mass is 301 g/mol. The van der Waals surface area contributed by atoms with Crippen LogP contribution in [0.4, 0.5) is 5.69 Å². The average Bonchev–Trinajstić information content (AvgIpc) is 2.46. The fourth-order valence-electron chi connectivity index (χ4n) is 1.72. The van der Waals surface area contributed by atoms with E-state index in [2.05, 4.69) is 5.32 Å². The second kappa shape index (κ2) is 6.72. The number of hydrogen-bond donors (Lipinski definition) is 2. The predicted octanol–water partition coefficient (Wildman–Crippen LogP) is 3.69. The highest BCUT2D eigenvalue weighted by Crippen LogP contribution is 2.21. The molecule has 1 amide bonds. The summed E-state index contributed by atoms with van der Waals surface area (Å²) in [6.45, 7) is 0. The highest BCUT2D eigenvalue weighted by molar-refractivity contribution is 6.31. The Labute approximate surface area is 126 Å². The number of carbonyl (C=O) groups excluding carboxylic acids is 1. The molecule has 0 atom stereocenters. The Morgan fingerprint density at radius 1 is 1.10 bits per heavy atom. The zero-order valence-electron chi connectivity index (χ0n) is 10.9. The third-order valence-corrected chi connectivity index (χ3v) is 2.93. The van der Waals surface area contributed by atoms with Gasteiger partial charge in [-0.3, -0.25) is 4.79 Å². The molecule has 0 aliphatic rings. The molecule has 0 unspecified atom stereocenters. The van der Waals surface area contributed by atoms with E-state index >= 15 is 0 Å². The lowest BCUT2D eigenvalue weighted by molar-refractivity contribution is -0.111. The molecular weight excluding hydrogens is 290 g/mol. The topological polar surface area (TPSA) is 66.4 Å². The maximum Gasteiger partial charge on any atom is 0.337 e. The van der Waals surface area contributed by atoms with Crippen LogP contribution >= 0.6 is 11.6 Å². The number of rotatable bonds is 4. The van der Waals surface area contributed by atoms with Crippen molar-refractivity contribution in [2.24, 2.45) is 0 Å². The van der Waals surface area contributed by atoms with E-state index in [1.807, 2.05) is 30.3 Å². The number of benzene rings is 2. The Balaban J connectivity index is 2.15. The summed E-state index contributed by atoms with van der Waals surface area (Å²) < 4.78 is 0. The number of hydrogen-bond acceptors (Lipinski definition) is 2. The average molecular weight is 302 g/mol. The Morgan fingerprint density at radius 2 is 1.81 bits per heavy atom. The van der Waals surface area contributed by atoms with Gasteiger partial charge in [-0.25, -0.2) is 4.79 Å². The van der Waals surface area contributed by atoms with Crippen molar-refractivity contribution in [3.05, 3.63) is 70.8 Å². The summed E-state index contributed by atoms with van der Waals surface area (Å²) in [6, 6.07) is 13.5. The van der Waals surface area contributed by atoms with Gasteiger partial charge in [0.05, 0.1) is 11.3 Å². The molecule has 0 radical (unpaired) electrons. The van der Waals surface area contributed by atoms with Gasteiger partial charge in [-0.15, -0.1) is 0 Å². The largest absolute Gasteiger partial charge is 0.478 e. The number of aromatic carboxylic acids is 1. The Morgan fingerprint density at radius 3 is 2.48 bits per heavy atom. The summed E-state index contributed by atoms with van der Waals surface area (Å²) in [4.78, 5) is 22.9. The first kappa shape index (κ1) is 14.8. The molecule has 2 N–H and O–H groups in total. The summed E-state index contributed by atoms with van der Waals surface area (Å²) in [7, 11) is 0. The second-order valence-corrected chi connectivity index (χ2v) is 4.66. The number of carbonyl (C=O) groups is 2. The third kappa shape index (κ3) is 4.19. The summed E-state index contributed by atoms with van der Waals surface area (Å²) >= 11 is 5.82. The van der Waals surface area contributed by atoms with Gasteiger partial charge in [0.15, 0.2) is 0 Å². The normalized spacial score (nSPS) is 10.5. The number of carboxylic acid groups (broad SMARTS) is 1. The first-order valence-electron chi connectivity index (χ1n) is 6.13. The number of carboxylic acids is 1. The third-order valence-electron chi connectivity index (χ3n) is 2.70. The Hall–Kier alpha value is -2.59. The summed E-state index contributed by atoms with van der Waals surface area (Å²) in [5, 5.41) is 11.9. The van der Waals surface area contributed by atoms with Crippen LogP contribution in [0.2, 0.25) is 5.02 Å². The van der Waals surface area contributed by atoms with Crippen LogP contribution in [0.15, 0.2) is 54.6 Å². The van der Waals surface area contributed by atoms with E-state index in [9.17, 15) is 9.59 Å². The Kier molecular flexibility index (Phi) is 4.74. The highest BCUT2D eigenvalue weighted by Gasteiger charge is 2.11. The van der Waals surface area contributed by atoms with Crippen molar-refractivity contribution in [2.45, 2.75) is 0 Å². The van der Waals surface area contributed by atoms with Crippen molar-refractivity contribution in [3.8, 4) is 0 Å². The lowest BCUT2D eigenvalue weighted by Crippen LogP contribution is -2.12. The smallest absolute Gasteiger partial charge is 0.337 e. The molecular formula is C16H12ClNO3. The van der Waals surface area contributed by atoms with E-state index in [4.69, 9.17) is 16.7 Å². The quantitative estimate of drug-likeness (QED) is 0.846. The van der Waals surface area contributed by atoms with Gasteiger partial charge in [-0.1, -0.05) is 41.9 Å². The van der Waals surface area contributed by atoms with Crippen LogP contribution < -0.4 is 5.32 Å². The van der Waals surface area contributed by atoms with Gasteiger partial charge in [-0.2, -0.15) is 0 Å². The van der Waals surface area contributed by atoms with Gasteiger partial charge in [0.25, 0.3) is 0 Å². The second-order valence-electron chi connectivity index (χ2n) is 4.23. The van der Waals surface area contributed by atoms with Crippen LogP contribution in [-0.4, -0.2) is 17.0 Å². The lowest BCUT2D eigenvalue weighted by Gasteiger charge is -2.07. The lowest BCUT2D eigenvalue weighted by atomic mass is 10.1. The molecule has 0 aromatic heterocycles. The SMILES string of the molecule is O=C(/C=C/c1ccccc1)Nc1cc(Cl)ccc1C(=O)O. The van der Waals surface area contributed by atoms with Crippen molar-refractivity contribution in [1.29, 1.82) is 0 Å². The van der Waals surface area contributed by atoms with E-state index in [0.29, 0.717) is 5.02 Å². The van der Waals surface area contributed by atoms with E-state index in [1.54, 1.807) is 6.08 Å². The fourth-order valence-corrected chi connectivity index (χ4v) is 1.89. The molecule has 4 nitrogen and oxygen atoms in total. The molecule has 0 fully saturated rings. The summed E-state index contributed by atoms with van der Waals surface area (Å²) in [5.41, 5.74) is 1.02. The minimum Gasteiger partial charge on any atom is -0.478 e. The summed E-state index contributed by atoms with van der Waals surface area (Å²) in [5.74, 6) is -1.56. The fraction of sp³-hybridized carbons (Fsp3) is 0. The molecule has 2 rings (SSSR count). The molecule has 0 aliphatic heterocycles. The van der Waals surface area contributed by atoms with Crippen molar-refractivity contribution < 1.29 is 14.7 Å². The minimum absolute atomic E-state index is 0.0131. The van der Waals surface area contributed by atoms with Gasteiger partial charge in [-0.05, 0) is 29.8 Å². The zero-order chi connectivity index (χ0) is 15.2. The van der Waals surface area contributed by atoms with Crippen LogP contribution in [0.1, 0.15) is 15.9 Å². The molecule has 0 spiro atoms. The number of nitrogens with one attached hydrogen (secondary N) is 1. The zero-order valence-corrected chi connectivity index (χ0v) is 11.7. The first-order valence-corrected chi connectivity index (χ1v) is 6.51. The van der Waals surface area contributed by atoms with Crippen LogP contribution in [0.3, 0.4) is 0 Å². The highest BCUT2D eigenvalue weighted by atomic mass is 35.5. The van der Waals surface area contributed by atoms with Gasteiger partial charge in [0.1, 0.15) is 0 Å². The molecule has 0 heterocycles.